The van der Waals surface area contributed by atoms with Gasteiger partial charge in [-0.05, 0) is 48.2 Å². The van der Waals surface area contributed by atoms with Crippen LogP contribution in [0.1, 0.15) is 38.7 Å². The third-order valence-electron chi connectivity index (χ3n) is 3.92. The highest BCUT2D eigenvalue weighted by Gasteiger charge is 2.11. The number of thioether (sulfide) groups is 1. The third-order valence-corrected chi connectivity index (χ3v) is 4.93. The van der Waals surface area contributed by atoms with Crippen LogP contribution in [0.15, 0.2) is 53.4 Å². The van der Waals surface area contributed by atoms with Crippen LogP contribution in [0.2, 0.25) is 0 Å². The topological polar surface area (TPSA) is 58.2 Å². The summed E-state index contributed by atoms with van der Waals surface area (Å²) in [6, 6.07) is 15.4. The molecule has 0 aliphatic heterocycles. The lowest BCUT2D eigenvalue weighted by Crippen LogP contribution is -2.15. The first-order valence-electron chi connectivity index (χ1n) is 8.38. The molecule has 2 N–H and O–H groups in total. The van der Waals surface area contributed by atoms with Gasteiger partial charge in [-0.1, -0.05) is 32.0 Å². The summed E-state index contributed by atoms with van der Waals surface area (Å²) in [5, 5.41) is 5.74. The largest absolute Gasteiger partial charge is 0.326 e. The first-order valence-corrected chi connectivity index (χ1v) is 9.37. The Kier molecular flexibility index (Phi) is 7.07. The van der Waals surface area contributed by atoms with Crippen molar-refractivity contribution in [2.24, 2.45) is 0 Å². The number of anilines is 2. The van der Waals surface area contributed by atoms with E-state index in [1.54, 1.807) is 0 Å². The predicted octanol–water partition coefficient (Wildman–Crippen LogP) is 4.89. The Balaban J connectivity index is 1.92. The van der Waals surface area contributed by atoms with Crippen molar-refractivity contribution in [3.8, 4) is 0 Å². The van der Waals surface area contributed by atoms with Crippen molar-refractivity contribution in [2.75, 3.05) is 16.4 Å². The van der Waals surface area contributed by atoms with Gasteiger partial charge in [-0.25, -0.2) is 0 Å². The average molecular weight is 356 g/mol. The molecule has 0 radical (unpaired) electrons. The molecular weight excluding hydrogens is 332 g/mol. The zero-order chi connectivity index (χ0) is 18.2. The number of carbonyl (C=O) groups is 2. The Hall–Kier alpha value is -2.27. The maximum Gasteiger partial charge on any atom is 0.234 e. The third kappa shape index (κ3) is 5.94. The minimum Gasteiger partial charge on any atom is -0.326 e. The Morgan fingerprint density at radius 3 is 2.36 bits per heavy atom. The molecule has 25 heavy (non-hydrogen) atoms. The van der Waals surface area contributed by atoms with E-state index in [4.69, 9.17) is 0 Å². The number of amides is 2. The molecule has 1 atom stereocenters. The molecule has 4 nitrogen and oxygen atoms in total. The summed E-state index contributed by atoms with van der Waals surface area (Å²) in [6.07, 6.45) is 1.03. The summed E-state index contributed by atoms with van der Waals surface area (Å²) in [5.74, 6) is 0.630. The zero-order valence-corrected chi connectivity index (χ0v) is 15.7. The van der Waals surface area contributed by atoms with Gasteiger partial charge in [-0.15, -0.1) is 11.8 Å². The van der Waals surface area contributed by atoms with Crippen LogP contribution in [0.5, 0.6) is 0 Å². The molecule has 0 saturated carbocycles. The van der Waals surface area contributed by atoms with Crippen LogP contribution < -0.4 is 10.6 Å². The average Bonchev–Trinajstić information content (AvgIpc) is 2.60. The Bertz CT molecular complexity index is 729. The molecule has 0 aliphatic carbocycles. The maximum absolute atomic E-state index is 12.3. The van der Waals surface area contributed by atoms with Crippen molar-refractivity contribution < 1.29 is 9.59 Å². The highest BCUT2D eigenvalue weighted by molar-refractivity contribution is 8.00. The smallest absolute Gasteiger partial charge is 0.234 e. The summed E-state index contributed by atoms with van der Waals surface area (Å²) in [4.78, 5) is 24.3. The van der Waals surface area contributed by atoms with Gasteiger partial charge >= 0.3 is 0 Å². The lowest BCUT2D eigenvalue weighted by Gasteiger charge is -2.15. The summed E-state index contributed by atoms with van der Waals surface area (Å²) in [6.45, 7) is 5.78. The van der Waals surface area contributed by atoms with Crippen LogP contribution in [0.4, 0.5) is 11.4 Å². The van der Waals surface area contributed by atoms with Gasteiger partial charge in [0, 0.05) is 23.2 Å². The van der Waals surface area contributed by atoms with Crippen LogP contribution >= 0.6 is 11.8 Å². The van der Waals surface area contributed by atoms with Crippen molar-refractivity contribution in [2.45, 2.75) is 38.0 Å². The molecule has 0 saturated heterocycles. The van der Waals surface area contributed by atoms with Crippen LogP contribution in [0, 0.1) is 0 Å². The normalized spacial score (nSPS) is 11.6. The molecule has 0 aromatic heterocycles. The lowest BCUT2D eigenvalue weighted by molar-refractivity contribution is -0.114. The highest BCUT2D eigenvalue weighted by Crippen LogP contribution is 2.27. The monoisotopic (exact) mass is 356 g/mol. The fourth-order valence-corrected chi connectivity index (χ4v) is 3.13. The van der Waals surface area contributed by atoms with E-state index in [1.165, 1.54) is 24.2 Å². The zero-order valence-electron chi connectivity index (χ0n) is 14.8. The van der Waals surface area contributed by atoms with E-state index in [2.05, 4.69) is 30.5 Å². The van der Waals surface area contributed by atoms with E-state index in [9.17, 15) is 9.59 Å². The molecule has 132 valence electrons. The van der Waals surface area contributed by atoms with Crippen LogP contribution in [-0.4, -0.2) is 17.6 Å². The highest BCUT2D eigenvalue weighted by atomic mass is 32.2. The van der Waals surface area contributed by atoms with Gasteiger partial charge in [0.15, 0.2) is 0 Å². The second kappa shape index (κ2) is 9.28. The summed E-state index contributed by atoms with van der Waals surface area (Å²) in [5.41, 5.74) is 2.82. The van der Waals surface area contributed by atoms with E-state index >= 15 is 0 Å². The van der Waals surface area contributed by atoms with Gasteiger partial charge in [0.1, 0.15) is 0 Å². The van der Waals surface area contributed by atoms with E-state index in [1.807, 2.05) is 42.5 Å². The summed E-state index contributed by atoms with van der Waals surface area (Å²) in [7, 11) is 0. The Labute approximate surface area is 153 Å². The number of rotatable bonds is 7. The summed E-state index contributed by atoms with van der Waals surface area (Å²) < 4.78 is 0. The molecule has 0 spiro atoms. The van der Waals surface area contributed by atoms with Gasteiger partial charge in [-0.3, -0.25) is 9.59 Å². The number of carbonyl (C=O) groups excluding carboxylic acids is 2. The fraction of sp³-hybridized carbons (Fsp3) is 0.300. The molecule has 0 unspecified atom stereocenters. The van der Waals surface area contributed by atoms with Crippen LogP contribution in [0.3, 0.4) is 0 Å². The van der Waals surface area contributed by atoms with Gasteiger partial charge in [-0.2, -0.15) is 0 Å². The van der Waals surface area contributed by atoms with E-state index in [-0.39, 0.29) is 11.8 Å². The Morgan fingerprint density at radius 2 is 1.72 bits per heavy atom. The molecular formula is C20H24N2O2S. The Morgan fingerprint density at radius 1 is 1.04 bits per heavy atom. The number of nitrogens with one attached hydrogen (secondary N) is 2. The molecule has 2 aromatic carbocycles. The molecule has 2 rings (SSSR count). The van der Waals surface area contributed by atoms with Gasteiger partial charge < -0.3 is 10.6 Å². The van der Waals surface area contributed by atoms with Crippen molar-refractivity contribution in [1.82, 2.24) is 0 Å². The standard InChI is InChI=1S/C20H24N2O2S/c1-4-14(2)18-7-5-6-8-19(18)22-20(24)13-25-17-11-9-16(10-12-17)21-15(3)23/h5-12,14H,4,13H2,1-3H3,(H,21,23)(H,22,24)/t14-/m1/s1. The van der Waals surface area contributed by atoms with E-state index < -0.39 is 0 Å². The molecule has 0 bridgehead atoms. The SMILES string of the molecule is CC[C@@H](C)c1ccccc1NC(=O)CSc1ccc(NC(C)=O)cc1. The molecule has 5 heteroatoms. The molecule has 2 aromatic rings. The minimum atomic E-state index is -0.0975. The predicted molar refractivity (Wildman–Crippen MR) is 105 cm³/mol. The number of para-hydroxylation sites is 1. The quantitative estimate of drug-likeness (QED) is 0.695. The fourth-order valence-electron chi connectivity index (χ4n) is 2.43. The number of hydrogen-bond donors (Lipinski definition) is 2. The first-order chi connectivity index (χ1) is 12.0. The number of benzene rings is 2. The molecule has 0 heterocycles. The van der Waals surface area contributed by atoms with Crippen molar-refractivity contribution in [1.29, 1.82) is 0 Å². The second-order valence-corrected chi connectivity index (χ2v) is 6.99. The van der Waals surface area contributed by atoms with Gasteiger partial charge in [0.2, 0.25) is 11.8 Å². The number of hydrogen-bond acceptors (Lipinski definition) is 3. The molecule has 0 aliphatic rings. The first kappa shape index (κ1) is 19.1. The maximum atomic E-state index is 12.3. The molecule has 2 amide bonds. The lowest BCUT2D eigenvalue weighted by atomic mass is 9.97. The van der Waals surface area contributed by atoms with E-state index in [0.717, 1.165) is 22.7 Å². The van der Waals surface area contributed by atoms with Crippen molar-refractivity contribution >= 4 is 35.0 Å². The van der Waals surface area contributed by atoms with Crippen molar-refractivity contribution in [3.05, 3.63) is 54.1 Å². The van der Waals surface area contributed by atoms with Crippen molar-refractivity contribution in [3.63, 3.8) is 0 Å². The van der Waals surface area contributed by atoms with Crippen LogP contribution in [-0.2, 0) is 9.59 Å². The van der Waals surface area contributed by atoms with Gasteiger partial charge in [0.25, 0.3) is 0 Å². The molecule has 0 fully saturated rings. The summed E-state index contributed by atoms with van der Waals surface area (Å²) >= 11 is 1.47. The minimum absolute atomic E-state index is 0.0216. The van der Waals surface area contributed by atoms with Crippen LogP contribution in [0.25, 0.3) is 0 Å². The second-order valence-electron chi connectivity index (χ2n) is 5.94. The van der Waals surface area contributed by atoms with E-state index in [0.29, 0.717) is 11.7 Å². The van der Waals surface area contributed by atoms with Gasteiger partial charge in [0.05, 0.1) is 5.75 Å².